The van der Waals surface area contributed by atoms with Gasteiger partial charge in [0, 0.05) is 5.92 Å². The van der Waals surface area contributed by atoms with E-state index in [9.17, 15) is 26.4 Å². The van der Waals surface area contributed by atoms with Gasteiger partial charge < -0.3 is 9.47 Å². The maximum Gasteiger partial charge on any atom is 0.419 e. The Hall–Kier alpha value is -1.81. The lowest BCUT2D eigenvalue weighted by atomic mass is 9.66. The van der Waals surface area contributed by atoms with Gasteiger partial charge in [0.25, 0.3) is 10.1 Å². The summed E-state index contributed by atoms with van der Waals surface area (Å²) in [6, 6.07) is 2.82. The molecule has 1 aromatic carbocycles. The number of hydrogen-bond acceptors (Lipinski definition) is 5. The quantitative estimate of drug-likeness (QED) is 0.358. The van der Waals surface area contributed by atoms with Crippen LogP contribution in [-0.2, 0) is 21.0 Å². The van der Waals surface area contributed by atoms with Crippen molar-refractivity contribution in [1.82, 2.24) is 0 Å². The fraction of sp³-hybridized carbons (Fsp3) is 0.696. The van der Waals surface area contributed by atoms with E-state index in [1.54, 1.807) is 0 Å². The number of fused-ring (bicyclic) bond motifs is 9. The van der Waals surface area contributed by atoms with Gasteiger partial charge in [0.05, 0.1) is 11.1 Å². The predicted molar refractivity (Wildman–Crippen MR) is 111 cm³/mol. The zero-order chi connectivity index (χ0) is 23.8. The summed E-state index contributed by atoms with van der Waals surface area (Å²) in [6.07, 6.45) is 0.735. The van der Waals surface area contributed by atoms with Crippen molar-refractivity contribution in [2.45, 2.75) is 50.8 Å². The molecule has 0 amide bonds. The third kappa shape index (κ3) is 4.03. The Morgan fingerprint density at radius 3 is 2.52 bits per heavy atom. The van der Waals surface area contributed by atoms with Crippen molar-refractivity contribution in [3.8, 4) is 5.75 Å². The van der Waals surface area contributed by atoms with E-state index >= 15 is 0 Å². The summed E-state index contributed by atoms with van der Waals surface area (Å²) in [4.78, 5) is 12.3. The van der Waals surface area contributed by atoms with Gasteiger partial charge in [0.2, 0.25) is 0 Å². The van der Waals surface area contributed by atoms with Gasteiger partial charge >= 0.3 is 12.1 Å². The van der Waals surface area contributed by atoms with Gasteiger partial charge in [-0.25, -0.2) is 4.79 Å². The van der Waals surface area contributed by atoms with E-state index < -0.39 is 51.5 Å². The van der Waals surface area contributed by atoms with E-state index in [-0.39, 0.29) is 11.5 Å². The molecule has 1 aromatic rings. The van der Waals surface area contributed by atoms with Crippen LogP contribution >= 0.6 is 0 Å². The number of halogens is 3. The van der Waals surface area contributed by atoms with Crippen LogP contribution in [0.15, 0.2) is 18.2 Å². The molecule has 0 aliphatic heterocycles. The Labute approximate surface area is 190 Å². The lowest BCUT2D eigenvalue weighted by molar-refractivity contribution is -0.141. The van der Waals surface area contributed by atoms with Crippen molar-refractivity contribution >= 4 is 16.1 Å². The fourth-order valence-electron chi connectivity index (χ4n) is 7.52. The molecule has 0 heterocycles. The molecule has 1 N–H and O–H groups in total. The lowest BCUT2D eigenvalue weighted by Crippen LogP contribution is -2.46. The number of benzene rings is 1. The minimum Gasteiger partial charge on any atom is -0.487 e. The summed E-state index contributed by atoms with van der Waals surface area (Å²) in [6.45, 7) is 1.29. The molecule has 6 nitrogen and oxygen atoms in total. The van der Waals surface area contributed by atoms with Crippen LogP contribution in [-0.4, -0.2) is 36.9 Å². The van der Waals surface area contributed by atoms with Gasteiger partial charge in [-0.2, -0.15) is 21.6 Å². The molecule has 7 atom stereocenters. The molecule has 4 aliphatic rings. The molecule has 10 heteroatoms. The highest BCUT2D eigenvalue weighted by molar-refractivity contribution is 7.85. The van der Waals surface area contributed by atoms with Crippen LogP contribution in [0.25, 0.3) is 0 Å². The summed E-state index contributed by atoms with van der Waals surface area (Å²) in [5, 5.41) is 0. The number of ether oxygens (including phenoxy) is 2. The van der Waals surface area contributed by atoms with Gasteiger partial charge in [-0.3, -0.25) is 4.55 Å². The van der Waals surface area contributed by atoms with Crippen LogP contribution in [0.3, 0.4) is 0 Å². The molecule has 33 heavy (non-hydrogen) atoms. The fourth-order valence-corrected chi connectivity index (χ4v) is 7.82. The molecule has 4 fully saturated rings. The third-order valence-electron chi connectivity index (χ3n) is 8.50. The standard InChI is InChI=1S/C23H27F3O6S/c1-22(11-15-9-17(22)20-13-3-2-12(8-13)19(15)20)32-18-10-14(4-5-16(18)23(24,25)26)21(27)31-6-7-33(28,29)30/h4-5,10,12-13,15,17,19-20H,2-3,6-9,11H2,1H3,(H,28,29,30). The first-order valence-electron chi connectivity index (χ1n) is 11.4. The molecule has 0 aromatic heterocycles. The minimum absolute atomic E-state index is 0.169. The van der Waals surface area contributed by atoms with E-state index in [4.69, 9.17) is 14.0 Å². The Balaban J connectivity index is 1.39. The first kappa shape index (κ1) is 23.0. The summed E-state index contributed by atoms with van der Waals surface area (Å²) >= 11 is 0. The first-order valence-corrected chi connectivity index (χ1v) is 13.0. The van der Waals surface area contributed by atoms with Gasteiger partial charge in [0.15, 0.2) is 0 Å². The SMILES string of the molecule is CC1(Oc2cc(C(=O)OCCS(=O)(=O)O)ccc2C(F)(F)F)CC2CC1C1C3CCC(C3)C21. The Morgan fingerprint density at radius 2 is 1.85 bits per heavy atom. The first-order chi connectivity index (χ1) is 15.4. The largest absolute Gasteiger partial charge is 0.487 e. The number of esters is 1. The average Bonchev–Trinajstić information content (AvgIpc) is 3.44. The van der Waals surface area contributed by atoms with Crippen LogP contribution in [0.5, 0.6) is 5.75 Å². The summed E-state index contributed by atoms with van der Waals surface area (Å²) in [7, 11) is -4.33. The zero-order valence-electron chi connectivity index (χ0n) is 18.2. The number of carbonyl (C=O) groups excluding carboxylic acids is 1. The van der Waals surface area contributed by atoms with Crippen LogP contribution < -0.4 is 4.74 Å². The van der Waals surface area contributed by atoms with E-state index in [0.29, 0.717) is 30.1 Å². The maximum absolute atomic E-state index is 13.7. The Morgan fingerprint density at radius 1 is 1.15 bits per heavy atom. The molecular weight excluding hydrogens is 461 g/mol. The van der Waals surface area contributed by atoms with Crippen LogP contribution in [0, 0.1) is 35.5 Å². The highest BCUT2D eigenvalue weighted by atomic mass is 32.2. The molecule has 4 bridgehead atoms. The zero-order valence-corrected chi connectivity index (χ0v) is 19.0. The molecule has 0 saturated heterocycles. The Kier molecular flexibility index (Phi) is 5.28. The number of hydrogen-bond donors (Lipinski definition) is 1. The highest BCUT2D eigenvalue weighted by Gasteiger charge is 2.66. The van der Waals surface area contributed by atoms with Crippen LogP contribution in [0.4, 0.5) is 13.2 Å². The van der Waals surface area contributed by atoms with E-state index in [2.05, 4.69) is 0 Å². The van der Waals surface area contributed by atoms with Gasteiger partial charge in [-0.1, -0.05) is 0 Å². The number of rotatable bonds is 6. The van der Waals surface area contributed by atoms with Crippen LogP contribution in [0.2, 0.25) is 0 Å². The van der Waals surface area contributed by atoms with E-state index in [1.165, 1.54) is 19.3 Å². The van der Waals surface area contributed by atoms with Gasteiger partial charge in [-0.05, 0) is 86.8 Å². The van der Waals surface area contributed by atoms with E-state index in [1.807, 2.05) is 6.92 Å². The van der Waals surface area contributed by atoms with E-state index in [0.717, 1.165) is 30.5 Å². The van der Waals surface area contributed by atoms with Crippen molar-refractivity contribution < 1.29 is 40.4 Å². The summed E-state index contributed by atoms with van der Waals surface area (Å²) in [5.74, 6) is 1.08. The second-order valence-electron chi connectivity index (χ2n) is 10.3. The molecular formula is C23H27F3O6S. The monoisotopic (exact) mass is 488 g/mol. The predicted octanol–water partition coefficient (Wildman–Crippen LogP) is 4.59. The van der Waals surface area contributed by atoms with Crippen LogP contribution in [0.1, 0.15) is 54.9 Å². The summed E-state index contributed by atoms with van der Waals surface area (Å²) < 4.78 is 82.5. The minimum atomic E-state index is -4.66. The second-order valence-corrected chi connectivity index (χ2v) is 11.9. The third-order valence-corrected chi connectivity index (χ3v) is 9.19. The molecule has 4 aliphatic carbocycles. The lowest BCUT2D eigenvalue weighted by Gasteiger charge is -2.44. The number of alkyl halides is 3. The van der Waals surface area contributed by atoms with Crippen molar-refractivity contribution in [2.24, 2.45) is 35.5 Å². The highest BCUT2D eigenvalue weighted by Crippen LogP contribution is 2.70. The smallest absolute Gasteiger partial charge is 0.419 e. The maximum atomic E-state index is 13.7. The molecule has 0 spiro atoms. The summed E-state index contributed by atoms with van der Waals surface area (Å²) in [5.41, 5.74) is -1.85. The second kappa shape index (κ2) is 7.60. The van der Waals surface area contributed by atoms with Gasteiger partial charge in [-0.15, -0.1) is 0 Å². The number of carbonyl (C=O) groups is 1. The normalized spacial score (nSPS) is 36.8. The Bertz CT molecular complexity index is 1070. The molecule has 0 radical (unpaired) electrons. The van der Waals surface area contributed by atoms with Gasteiger partial charge in [0.1, 0.15) is 23.7 Å². The molecule has 4 saturated carbocycles. The molecule has 182 valence electrons. The van der Waals surface area contributed by atoms with Crippen molar-refractivity contribution in [1.29, 1.82) is 0 Å². The van der Waals surface area contributed by atoms with Crippen molar-refractivity contribution in [3.05, 3.63) is 29.3 Å². The topological polar surface area (TPSA) is 89.9 Å². The van der Waals surface area contributed by atoms with Crippen molar-refractivity contribution in [3.63, 3.8) is 0 Å². The molecule has 5 rings (SSSR count). The molecule has 7 unspecified atom stereocenters. The van der Waals surface area contributed by atoms with Crippen molar-refractivity contribution in [2.75, 3.05) is 12.4 Å². The average molecular weight is 489 g/mol.